The van der Waals surface area contributed by atoms with Gasteiger partial charge in [0, 0.05) is 12.6 Å². The van der Waals surface area contributed by atoms with Gasteiger partial charge in [0.25, 0.3) is 0 Å². The summed E-state index contributed by atoms with van der Waals surface area (Å²) in [5.74, 6) is 0. The van der Waals surface area contributed by atoms with Crippen LogP contribution in [0.1, 0.15) is 18.5 Å². The van der Waals surface area contributed by atoms with Crippen LogP contribution in [0.25, 0.3) is 0 Å². The van der Waals surface area contributed by atoms with Crippen molar-refractivity contribution in [2.75, 3.05) is 0 Å². The molecule has 0 atom stereocenters. The molecule has 1 saturated carbocycles. The summed E-state index contributed by atoms with van der Waals surface area (Å²) in [6, 6.07) is 4.37. The summed E-state index contributed by atoms with van der Waals surface area (Å²) in [7, 11) is 0. The van der Waals surface area contributed by atoms with E-state index in [1.807, 2.05) is 6.07 Å². The fraction of sp³-hybridized carbons (Fsp3) is 0.500. The Morgan fingerprint density at radius 2 is 2.15 bits per heavy atom. The first-order valence-corrected chi connectivity index (χ1v) is 4.44. The minimum Gasteiger partial charge on any atom is -0.308 e. The fourth-order valence-corrected chi connectivity index (χ4v) is 1.08. The minimum absolute atomic E-state index is 0. The average molecular weight is 220 g/mol. The maximum Gasteiger partial charge on any atom is 0.151 e. The van der Waals surface area contributed by atoms with Crippen LogP contribution >= 0.6 is 24.0 Å². The first-order valence-electron chi connectivity index (χ1n) is 4.06. The Labute approximate surface area is 88.3 Å². The van der Waals surface area contributed by atoms with Gasteiger partial charge >= 0.3 is 0 Å². The second kappa shape index (κ2) is 4.74. The van der Waals surface area contributed by atoms with Crippen molar-refractivity contribution in [3.63, 3.8) is 0 Å². The van der Waals surface area contributed by atoms with Crippen molar-refractivity contribution in [1.82, 2.24) is 15.5 Å². The van der Waals surface area contributed by atoms with Crippen LogP contribution in [-0.4, -0.2) is 16.2 Å². The van der Waals surface area contributed by atoms with Crippen LogP contribution in [0, 0.1) is 0 Å². The third kappa shape index (κ3) is 3.46. The molecule has 0 saturated heterocycles. The molecule has 0 aliphatic heterocycles. The van der Waals surface area contributed by atoms with Crippen LogP contribution in [0.5, 0.6) is 0 Å². The molecule has 0 amide bonds. The molecule has 3 nitrogen and oxygen atoms in total. The smallest absolute Gasteiger partial charge is 0.151 e. The van der Waals surface area contributed by atoms with Crippen molar-refractivity contribution in [3.8, 4) is 0 Å². The molecule has 72 valence electrons. The van der Waals surface area contributed by atoms with Gasteiger partial charge in [-0.3, -0.25) is 0 Å². The van der Waals surface area contributed by atoms with E-state index in [2.05, 4.69) is 15.5 Å². The molecule has 1 aromatic rings. The summed E-state index contributed by atoms with van der Waals surface area (Å²) in [5.41, 5.74) is 0.950. The van der Waals surface area contributed by atoms with E-state index >= 15 is 0 Å². The summed E-state index contributed by atoms with van der Waals surface area (Å²) in [6.07, 6.45) is 2.59. The molecule has 1 N–H and O–H groups in total. The molecule has 0 aromatic carbocycles. The largest absolute Gasteiger partial charge is 0.308 e. The Kier molecular flexibility index (Phi) is 3.90. The lowest BCUT2D eigenvalue weighted by Crippen LogP contribution is -2.16. The number of hydrogen-bond acceptors (Lipinski definition) is 3. The number of aromatic nitrogens is 2. The number of nitrogens with one attached hydrogen (secondary N) is 1. The van der Waals surface area contributed by atoms with E-state index in [1.165, 1.54) is 12.8 Å². The van der Waals surface area contributed by atoms with Crippen molar-refractivity contribution in [2.24, 2.45) is 0 Å². The predicted molar refractivity (Wildman–Crippen MR) is 54.2 cm³/mol. The Bertz CT molecular complexity index is 259. The number of halogens is 2. The maximum atomic E-state index is 5.59. The van der Waals surface area contributed by atoms with Crippen LogP contribution in [0.2, 0.25) is 5.15 Å². The number of hydrogen-bond donors (Lipinski definition) is 1. The normalized spacial score (nSPS) is 15.2. The van der Waals surface area contributed by atoms with Crippen molar-refractivity contribution in [1.29, 1.82) is 0 Å². The van der Waals surface area contributed by atoms with E-state index in [9.17, 15) is 0 Å². The molecule has 13 heavy (non-hydrogen) atoms. The van der Waals surface area contributed by atoms with Crippen molar-refractivity contribution in [3.05, 3.63) is 23.0 Å². The summed E-state index contributed by atoms with van der Waals surface area (Å²) >= 11 is 5.59. The molecule has 1 aliphatic carbocycles. The third-order valence-electron chi connectivity index (χ3n) is 1.84. The summed E-state index contributed by atoms with van der Waals surface area (Å²) in [4.78, 5) is 0. The van der Waals surface area contributed by atoms with Crippen molar-refractivity contribution < 1.29 is 0 Å². The minimum atomic E-state index is 0. The molecular formula is C8H11Cl2N3. The first-order chi connectivity index (χ1) is 5.84. The molecule has 0 unspecified atom stereocenters. The number of rotatable bonds is 3. The fourth-order valence-electron chi connectivity index (χ4n) is 0.974. The van der Waals surface area contributed by atoms with Gasteiger partial charge in [0.1, 0.15) is 0 Å². The van der Waals surface area contributed by atoms with Gasteiger partial charge in [0.2, 0.25) is 0 Å². The standard InChI is InChI=1S/C8H10ClN3.ClH/c9-8-4-3-7(11-12-8)5-10-6-1-2-6;/h3-4,6,10H,1-2,5H2;1H. The molecule has 0 radical (unpaired) electrons. The van der Waals surface area contributed by atoms with Gasteiger partial charge in [-0.15, -0.1) is 17.5 Å². The predicted octanol–water partition coefficient (Wildman–Crippen LogP) is 1.80. The molecule has 0 bridgehead atoms. The van der Waals surface area contributed by atoms with Gasteiger partial charge in [0.05, 0.1) is 5.69 Å². The summed E-state index contributed by atoms with van der Waals surface area (Å²) in [5, 5.41) is 11.5. The van der Waals surface area contributed by atoms with Gasteiger partial charge in [-0.1, -0.05) is 11.6 Å². The molecule has 0 spiro atoms. The van der Waals surface area contributed by atoms with E-state index in [0.29, 0.717) is 11.2 Å². The van der Waals surface area contributed by atoms with E-state index in [4.69, 9.17) is 11.6 Å². The van der Waals surface area contributed by atoms with E-state index in [0.717, 1.165) is 12.2 Å². The van der Waals surface area contributed by atoms with Gasteiger partial charge in [0.15, 0.2) is 5.15 Å². The lowest BCUT2D eigenvalue weighted by molar-refractivity contribution is 0.665. The zero-order valence-electron chi connectivity index (χ0n) is 7.03. The molecule has 2 rings (SSSR count). The van der Waals surface area contributed by atoms with Gasteiger partial charge in [-0.05, 0) is 25.0 Å². The third-order valence-corrected chi connectivity index (χ3v) is 2.04. The molecule has 1 fully saturated rings. The highest BCUT2D eigenvalue weighted by molar-refractivity contribution is 6.29. The van der Waals surface area contributed by atoms with Gasteiger partial charge < -0.3 is 5.32 Å². The Hall–Kier alpha value is -0.380. The van der Waals surface area contributed by atoms with Crippen LogP contribution in [0.15, 0.2) is 12.1 Å². The average Bonchev–Trinajstić information content (AvgIpc) is 2.87. The van der Waals surface area contributed by atoms with Crippen LogP contribution in [0.3, 0.4) is 0 Å². The highest BCUT2D eigenvalue weighted by atomic mass is 35.5. The Balaban J connectivity index is 0.000000845. The van der Waals surface area contributed by atoms with E-state index in [-0.39, 0.29) is 12.4 Å². The first kappa shape index (κ1) is 10.7. The Morgan fingerprint density at radius 3 is 2.69 bits per heavy atom. The highest BCUT2D eigenvalue weighted by Crippen LogP contribution is 2.18. The SMILES string of the molecule is Cl.Clc1ccc(CNC2CC2)nn1. The summed E-state index contributed by atoms with van der Waals surface area (Å²) < 4.78 is 0. The van der Waals surface area contributed by atoms with E-state index < -0.39 is 0 Å². The van der Waals surface area contributed by atoms with E-state index in [1.54, 1.807) is 6.07 Å². The second-order valence-electron chi connectivity index (χ2n) is 3.00. The zero-order chi connectivity index (χ0) is 8.39. The maximum absolute atomic E-state index is 5.59. The van der Waals surface area contributed by atoms with Gasteiger partial charge in [-0.2, -0.15) is 5.10 Å². The lowest BCUT2D eigenvalue weighted by Gasteiger charge is -1.99. The van der Waals surface area contributed by atoms with Crippen LogP contribution in [-0.2, 0) is 6.54 Å². The number of nitrogens with zero attached hydrogens (tertiary/aromatic N) is 2. The Morgan fingerprint density at radius 1 is 1.38 bits per heavy atom. The molecular weight excluding hydrogens is 209 g/mol. The quantitative estimate of drug-likeness (QED) is 0.843. The zero-order valence-corrected chi connectivity index (χ0v) is 8.61. The van der Waals surface area contributed by atoms with Crippen LogP contribution in [0.4, 0.5) is 0 Å². The molecule has 1 heterocycles. The topological polar surface area (TPSA) is 37.8 Å². The van der Waals surface area contributed by atoms with Gasteiger partial charge in [-0.25, -0.2) is 0 Å². The van der Waals surface area contributed by atoms with Crippen molar-refractivity contribution >= 4 is 24.0 Å². The highest BCUT2D eigenvalue weighted by Gasteiger charge is 2.20. The molecule has 1 aliphatic rings. The summed E-state index contributed by atoms with van der Waals surface area (Å²) in [6.45, 7) is 0.800. The lowest BCUT2D eigenvalue weighted by atomic mass is 10.4. The van der Waals surface area contributed by atoms with Crippen molar-refractivity contribution in [2.45, 2.75) is 25.4 Å². The monoisotopic (exact) mass is 219 g/mol. The molecule has 5 heteroatoms. The van der Waals surface area contributed by atoms with Crippen LogP contribution < -0.4 is 5.32 Å². The second-order valence-corrected chi connectivity index (χ2v) is 3.39. The molecule has 1 aromatic heterocycles.